The van der Waals surface area contributed by atoms with E-state index in [0.29, 0.717) is 6.42 Å². The average Bonchev–Trinajstić information content (AvgIpc) is 3.73. The van der Waals surface area contributed by atoms with Gasteiger partial charge in [-0.2, -0.15) is 0 Å². The molecule has 1 aromatic rings. The first kappa shape index (κ1) is 54.4. The molecule has 1 saturated heterocycles. The number of aliphatic hydroxyl groups is 1. The van der Waals surface area contributed by atoms with E-state index in [1.54, 1.807) is 38.1 Å². The Labute approximate surface area is 375 Å². The lowest BCUT2D eigenvalue weighted by Crippen LogP contribution is -2.61. The number of rotatable bonds is 27. The van der Waals surface area contributed by atoms with Crippen molar-refractivity contribution in [3.8, 4) is 0 Å². The molecule has 1 aliphatic rings. The molecule has 1 heterocycles. The van der Waals surface area contributed by atoms with Crippen molar-refractivity contribution in [2.75, 3.05) is 19.6 Å². The fraction of sp³-hybridized carbons (Fsp3) is 0.585. The van der Waals surface area contributed by atoms with Crippen LogP contribution in [0.1, 0.15) is 78.2 Å². The summed E-state index contributed by atoms with van der Waals surface area (Å²) in [5.74, 6) is -9.87. The Bertz CT molecular complexity index is 1880. The van der Waals surface area contributed by atoms with Gasteiger partial charge in [-0.25, -0.2) is 4.79 Å². The maximum absolute atomic E-state index is 13.7. The zero-order valence-corrected chi connectivity index (χ0v) is 36.9. The van der Waals surface area contributed by atoms with E-state index >= 15 is 0 Å². The van der Waals surface area contributed by atoms with Crippen LogP contribution < -0.4 is 54.4 Å². The van der Waals surface area contributed by atoms with Crippen LogP contribution in [0.2, 0.25) is 0 Å². The number of aliphatic carboxylic acids is 1. The lowest BCUT2D eigenvalue weighted by molar-refractivity contribution is -0.142. The number of hydrogen-bond acceptors (Lipinski definition) is 13. The van der Waals surface area contributed by atoms with E-state index in [4.69, 9.17) is 17.2 Å². The van der Waals surface area contributed by atoms with Crippen LogP contribution in [-0.2, 0) is 59.2 Å². The number of likely N-dealkylation sites (tertiary alicyclic amines) is 1. The second-order valence-electron chi connectivity index (χ2n) is 16.2. The predicted octanol–water partition coefficient (Wildman–Crippen LogP) is -4.73. The summed E-state index contributed by atoms with van der Waals surface area (Å²) >= 11 is 0. The Morgan fingerprint density at radius 2 is 1.29 bits per heavy atom. The molecule has 15 N–H and O–H groups in total. The second-order valence-corrected chi connectivity index (χ2v) is 16.2. The van der Waals surface area contributed by atoms with Crippen molar-refractivity contribution in [3.05, 3.63) is 35.9 Å². The van der Waals surface area contributed by atoms with Crippen molar-refractivity contribution in [3.63, 3.8) is 0 Å². The number of primary amides is 2. The van der Waals surface area contributed by atoms with Gasteiger partial charge < -0.3 is 69.5 Å². The molecule has 10 amide bonds. The lowest BCUT2D eigenvalue weighted by Gasteiger charge is -2.29. The molecule has 0 spiro atoms. The molecule has 65 heavy (non-hydrogen) atoms. The minimum atomic E-state index is -1.73. The van der Waals surface area contributed by atoms with Crippen LogP contribution in [0.4, 0.5) is 0 Å². The summed E-state index contributed by atoms with van der Waals surface area (Å²) in [4.78, 5) is 141. The number of nitrogens with two attached hydrogens (primary N) is 3. The Kier molecular flexibility index (Phi) is 22.5. The van der Waals surface area contributed by atoms with Gasteiger partial charge in [-0.1, -0.05) is 44.2 Å². The van der Waals surface area contributed by atoms with Crippen LogP contribution in [0.5, 0.6) is 0 Å². The van der Waals surface area contributed by atoms with Crippen LogP contribution in [-0.4, -0.2) is 148 Å². The summed E-state index contributed by atoms with van der Waals surface area (Å²) in [6.07, 6.45) is -2.07. The Hall–Kier alpha value is -6.69. The third-order valence-corrected chi connectivity index (χ3v) is 10.1. The number of aliphatic hydroxyl groups excluding tert-OH is 1. The van der Waals surface area contributed by atoms with Crippen molar-refractivity contribution < 1.29 is 63.0 Å². The summed E-state index contributed by atoms with van der Waals surface area (Å²) in [7, 11) is 0. The van der Waals surface area contributed by atoms with Gasteiger partial charge in [0, 0.05) is 19.4 Å². The van der Waals surface area contributed by atoms with Crippen molar-refractivity contribution in [2.45, 2.75) is 127 Å². The molecule has 24 heteroatoms. The summed E-state index contributed by atoms with van der Waals surface area (Å²) in [5.41, 5.74) is 17.2. The van der Waals surface area contributed by atoms with Crippen molar-refractivity contribution in [1.29, 1.82) is 0 Å². The fourth-order valence-electron chi connectivity index (χ4n) is 6.63. The van der Waals surface area contributed by atoms with Crippen LogP contribution >= 0.6 is 0 Å². The highest BCUT2D eigenvalue weighted by Gasteiger charge is 2.38. The number of nitrogens with zero attached hydrogens (tertiary/aromatic N) is 1. The normalized spacial score (nSPS) is 16.5. The van der Waals surface area contributed by atoms with Gasteiger partial charge in [0.2, 0.25) is 59.1 Å². The van der Waals surface area contributed by atoms with Gasteiger partial charge in [0.25, 0.3) is 0 Å². The molecule has 1 aliphatic heterocycles. The van der Waals surface area contributed by atoms with Crippen molar-refractivity contribution in [2.24, 2.45) is 23.1 Å². The number of carboxylic acids is 1. The van der Waals surface area contributed by atoms with Crippen LogP contribution in [0, 0.1) is 5.92 Å². The summed E-state index contributed by atoms with van der Waals surface area (Å²) < 4.78 is 0. The van der Waals surface area contributed by atoms with Gasteiger partial charge in [0.1, 0.15) is 36.3 Å². The van der Waals surface area contributed by atoms with E-state index in [1.807, 2.05) is 6.07 Å². The number of nitrogens with one attached hydrogen (secondary N) is 7. The Morgan fingerprint density at radius 1 is 0.708 bits per heavy atom. The number of hydrogen-bond donors (Lipinski definition) is 12. The first-order valence-electron chi connectivity index (χ1n) is 21.1. The first-order valence-corrected chi connectivity index (χ1v) is 21.1. The van der Waals surface area contributed by atoms with Gasteiger partial charge in [-0.05, 0) is 63.9 Å². The highest BCUT2D eigenvalue weighted by atomic mass is 16.4. The zero-order chi connectivity index (χ0) is 49.0. The Balaban J connectivity index is 2.09. The van der Waals surface area contributed by atoms with E-state index in [-0.39, 0.29) is 57.4 Å². The highest BCUT2D eigenvalue weighted by Crippen LogP contribution is 2.18. The van der Waals surface area contributed by atoms with E-state index in [9.17, 15) is 63.0 Å². The quantitative estimate of drug-likeness (QED) is 0.0395. The van der Waals surface area contributed by atoms with E-state index < -0.39 is 127 Å². The number of carbonyl (C=O) groups excluding carboxylic acids is 10. The summed E-state index contributed by atoms with van der Waals surface area (Å²) in [5, 5.41) is 36.5. The largest absolute Gasteiger partial charge is 0.480 e. The molecule has 0 aliphatic carbocycles. The molecule has 0 bridgehead atoms. The van der Waals surface area contributed by atoms with Gasteiger partial charge in [0.15, 0.2) is 0 Å². The lowest BCUT2D eigenvalue weighted by atomic mass is 10.0. The SMILES string of the molecule is CC(C)C[C@H](NC(=O)[C@@H](NC(=O)[C@H](CCC(N)=O)NC(=O)[C@@H]1CCCN1C(=O)CNC(=O)[C@@H](N)Cc1ccccc1)[C@@H](C)O)C(=O)N[C@@H](C)C(=O)NCC(=O)N[C@@H](CCC(N)=O)C(=O)O. The number of carboxylic acid groups (broad SMARTS) is 1. The standard InChI is InChI=1S/C41H63N11O13/c1-21(2)17-28(38(61)47-22(3)35(58)45-19-32(56)48-27(41(64)65)13-15-31(44)55)50-40(63)34(23(4)53)51-37(60)26(12-14-30(43)54)49-39(62)29-11-8-16-52(29)33(57)20-46-36(59)25(42)18-24-9-6-5-7-10-24/h5-7,9-10,21-23,25-29,34,53H,8,11-20,42H2,1-4H3,(H2,43,54)(H2,44,55)(H,45,58)(H,46,59)(H,47,61)(H,48,56)(H,49,62)(H,50,63)(H,51,60)(H,64,65)/t22-,23+,25-,26-,27-,28-,29-,34-/m0/s1. The van der Waals surface area contributed by atoms with Crippen molar-refractivity contribution >= 4 is 65.0 Å². The van der Waals surface area contributed by atoms with Gasteiger partial charge in [-0.15, -0.1) is 0 Å². The van der Waals surface area contributed by atoms with Crippen LogP contribution in [0.25, 0.3) is 0 Å². The molecule has 0 aromatic heterocycles. The first-order chi connectivity index (χ1) is 30.5. The van der Waals surface area contributed by atoms with Crippen molar-refractivity contribution in [1.82, 2.24) is 42.1 Å². The monoisotopic (exact) mass is 917 g/mol. The zero-order valence-electron chi connectivity index (χ0n) is 36.9. The second kappa shape index (κ2) is 26.8. The highest BCUT2D eigenvalue weighted by molar-refractivity contribution is 5.98. The number of carbonyl (C=O) groups is 11. The number of amides is 10. The predicted molar refractivity (Wildman–Crippen MR) is 230 cm³/mol. The molecular weight excluding hydrogens is 855 g/mol. The molecule has 0 unspecified atom stereocenters. The molecular formula is C41H63N11O13. The van der Waals surface area contributed by atoms with Crippen LogP contribution in [0.3, 0.4) is 0 Å². The minimum absolute atomic E-state index is 0.00868. The molecule has 360 valence electrons. The van der Waals surface area contributed by atoms with E-state index in [1.165, 1.54) is 18.7 Å². The molecule has 0 saturated carbocycles. The van der Waals surface area contributed by atoms with Crippen LogP contribution in [0.15, 0.2) is 30.3 Å². The molecule has 0 radical (unpaired) electrons. The third-order valence-electron chi connectivity index (χ3n) is 10.1. The molecule has 24 nitrogen and oxygen atoms in total. The fourth-order valence-corrected chi connectivity index (χ4v) is 6.63. The molecule has 1 fully saturated rings. The Morgan fingerprint density at radius 3 is 1.86 bits per heavy atom. The topological polar surface area (TPSA) is 394 Å². The van der Waals surface area contributed by atoms with Gasteiger partial charge >= 0.3 is 5.97 Å². The smallest absolute Gasteiger partial charge is 0.326 e. The summed E-state index contributed by atoms with van der Waals surface area (Å²) in [6, 6.07) is -0.296. The maximum atomic E-state index is 13.7. The van der Waals surface area contributed by atoms with E-state index in [2.05, 4.69) is 37.2 Å². The molecule has 8 atom stereocenters. The van der Waals surface area contributed by atoms with E-state index in [0.717, 1.165) is 5.56 Å². The number of benzene rings is 1. The molecule has 2 rings (SSSR count). The van der Waals surface area contributed by atoms with Gasteiger partial charge in [0.05, 0.1) is 25.2 Å². The summed E-state index contributed by atoms with van der Waals surface area (Å²) in [6.45, 7) is 4.92. The molecule has 1 aromatic carbocycles. The average molecular weight is 918 g/mol. The minimum Gasteiger partial charge on any atom is -0.480 e. The third kappa shape index (κ3) is 19.3. The van der Waals surface area contributed by atoms with Gasteiger partial charge in [-0.3, -0.25) is 47.9 Å². The maximum Gasteiger partial charge on any atom is 0.326 e.